The number of hydrogen-bond acceptors (Lipinski definition) is 6. The molecular weight excluding hydrogens is 378 g/mol. The molecule has 1 saturated heterocycles. The van der Waals surface area contributed by atoms with Gasteiger partial charge in [0, 0.05) is 29.2 Å². The van der Waals surface area contributed by atoms with Crippen LogP contribution in [0.2, 0.25) is 0 Å². The van der Waals surface area contributed by atoms with Crippen LogP contribution in [0, 0.1) is 6.92 Å². The van der Waals surface area contributed by atoms with Crippen LogP contribution in [-0.2, 0) is 6.54 Å². The number of anilines is 2. The van der Waals surface area contributed by atoms with Crippen molar-refractivity contribution in [3.63, 3.8) is 0 Å². The number of hydrogen-bond donors (Lipinski definition) is 1. The maximum atomic E-state index is 4.90. The topological polar surface area (TPSA) is 53.9 Å². The Balaban J connectivity index is 1.35. The fourth-order valence-corrected chi connectivity index (χ4v) is 4.71. The van der Waals surface area contributed by atoms with Gasteiger partial charge in [-0.25, -0.2) is 9.97 Å². The van der Waals surface area contributed by atoms with E-state index in [0.717, 1.165) is 41.7 Å². The predicted molar refractivity (Wildman–Crippen MR) is 118 cm³/mol. The van der Waals surface area contributed by atoms with Crippen LogP contribution in [0.15, 0.2) is 60.9 Å². The highest BCUT2D eigenvalue weighted by Gasteiger charge is 2.27. The molecule has 0 radical (unpaired) electrons. The molecule has 0 unspecified atom stereocenters. The number of pyridine rings is 2. The Morgan fingerprint density at radius 1 is 1.14 bits per heavy atom. The van der Waals surface area contributed by atoms with Gasteiger partial charge in [0.05, 0.1) is 17.3 Å². The quantitative estimate of drug-likeness (QED) is 0.480. The summed E-state index contributed by atoms with van der Waals surface area (Å²) in [5, 5.41) is 5.43. The van der Waals surface area contributed by atoms with Crippen LogP contribution in [-0.4, -0.2) is 26.4 Å². The van der Waals surface area contributed by atoms with Crippen LogP contribution in [0.5, 0.6) is 0 Å². The third kappa shape index (κ3) is 3.99. The molecule has 5 nitrogen and oxygen atoms in total. The normalized spacial score (nSPS) is 17.1. The van der Waals surface area contributed by atoms with Gasteiger partial charge in [0.15, 0.2) is 5.13 Å². The van der Waals surface area contributed by atoms with Gasteiger partial charge in [-0.15, -0.1) is 11.3 Å². The summed E-state index contributed by atoms with van der Waals surface area (Å²) in [5.41, 5.74) is 3.50. The zero-order chi connectivity index (χ0) is 19.6. The van der Waals surface area contributed by atoms with Crippen molar-refractivity contribution < 1.29 is 0 Å². The summed E-state index contributed by atoms with van der Waals surface area (Å²) in [5.74, 6) is 0.862. The zero-order valence-corrected chi connectivity index (χ0v) is 17.2. The molecule has 1 atom stereocenters. The highest BCUT2D eigenvalue weighted by atomic mass is 32.1. The van der Waals surface area contributed by atoms with E-state index in [4.69, 9.17) is 4.98 Å². The minimum absolute atomic E-state index is 0.347. The van der Waals surface area contributed by atoms with Gasteiger partial charge in [-0.05, 0) is 62.2 Å². The smallest absolute Gasteiger partial charge is 0.188 e. The minimum Gasteiger partial charge on any atom is -0.316 e. The first-order valence-electron chi connectivity index (χ1n) is 9.99. The minimum atomic E-state index is 0.347. The summed E-state index contributed by atoms with van der Waals surface area (Å²) in [6.45, 7) is 4.09. The van der Waals surface area contributed by atoms with Crippen LogP contribution in [0.1, 0.15) is 35.0 Å². The fourth-order valence-electron chi connectivity index (χ4n) is 4.04. The number of likely N-dealkylation sites (tertiary alicyclic amines) is 1. The Morgan fingerprint density at radius 3 is 3.00 bits per heavy atom. The molecule has 6 heteroatoms. The number of nitrogens with one attached hydrogen (secondary N) is 1. The van der Waals surface area contributed by atoms with E-state index < -0.39 is 0 Å². The molecule has 5 rings (SSSR count). The van der Waals surface area contributed by atoms with Crippen molar-refractivity contribution in [3.05, 3.63) is 77.1 Å². The lowest BCUT2D eigenvalue weighted by Gasteiger charge is -2.24. The lowest BCUT2D eigenvalue weighted by Crippen LogP contribution is -2.23. The zero-order valence-electron chi connectivity index (χ0n) is 16.4. The number of fused-ring (bicyclic) bond motifs is 1. The first-order valence-corrected chi connectivity index (χ1v) is 10.8. The molecule has 29 heavy (non-hydrogen) atoms. The van der Waals surface area contributed by atoms with Crippen molar-refractivity contribution in [2.24, 2.45) is 0 Å². The van der Waals surface area contributed by atoms with E-state index in [0.29, 0.717) is 6.04 Å². The van der Waals surface area contributed by atoms with Gasteiger partial charge < -0.3 is 5.32 Å². The van der Waals surface area contributed by atoms with E-state index in [1.54, 1.807) is 11.3 Å². The Kier molecular flexibility index (Phi) is 4.96. The molecule has 0 spiro atoms. The summed E-state index contributed by atoms with van der Waals surface area (Å²) >= 11 is 1.65. The SMILES string of the molecule is Cc1cnc(Nc2cccc([C@@H]3CCCN3Cc3ccc4ncccc4c3)n2)s1. The average Bonchev–Trinajstić information content (AvgIpc) is 3.37. The number of thiazole rings is 1. The molecule has 1 aliphatic heterocycles. The summed E-state index contributed by atoms with van der Waals surface area (Å²) in [6, 6.07) is 17.3. The lowest BCUT2D eigenvalue weighted by molar-refractivity contribution is 0.244. The Labute approximate surface area is 174 Å². The first-order chi connectivity index (χ1) is 14.2. The molecule has 4 aromatic rings. The number of benzene rings is 1. The number of nitrogens with zero attached hydrogens (tertiary/aromatic N) is 4. The number of aromatic nitrogens is 3. The van der Waals surface area contributed by atoms with Gasteiger partial charge in [0.2, 0.25) is 0 Å². The van der Waals surface area contributed by atoms with E-state index in [-0.39, 0.29) is 0 Å². The summed E-state index contributed by atoms with van der Waals surface area (Å²) in [4.78, 5) is 17.4. The van der Waals surface area contributed by atoms with Gasteiger partial charge in [0.25, 0.3) is 0 Å². The van der Waals surface area contributed by atoms with Crippen LogP contribution in [0.4, 0.5) is 10.9 Å². The summed E-state index contributed by atoms with van der Waals surface area (Å²) in [7, 11) is 0. The second-order valence-electron chi connectivity index (χ2n) is 7.51. The molecule has 0 saturated carbocycles. The van der Waals surface area contributed by atoms with E-state index in [1.807, 2.05) is 24.5 Å². The van der Waals surface area contributed by atoms with E-state index in [2.05, 4.69) is 63.5 Å². The second-order valence-corrected chi connectivity index (χ2v) is 8.74. The van der Waals surface area contributed by atoms with E-state index in [9.17, 15) is 0 Å². The van der Waals surface area contributed by atoms with Gasteiger partial charge in [-0.2, -0.15) is 0 Å². The summed E-state index contributed by atoms with van der Waals surface area (Å²) in [6.07, 6.45) is 6.07. The molecule has 0 amide bonds. The Bertz CT molecular complexity index is 1140. The Morgan fingerprint density at radius 2 is 2.10 bits per heavy atom. The molecule has 4 heterocycles. The van der Waals surface area contributed by atoms with Gasteiger partial charge in [0.1, 0.15) is 5.82 Å². The third-order valence-corrected chi connectivity index (χ3v) is 6.21. The van der Waals surface area contributed by atoms with Crippen molar-refractivity contribution >= 4 is 33.2 Å². The van der Waals surface area contributed by atoms with Gasteiger partial charge >= 0.3 is 0 Å². The van der Waals surface area contributed by atoms with Crippen molar-refractivity contribution in [2.45, 2.75) is 32.4 Å². The molecule has 0 aliphatic carbocycles. The van der Waals surface area contributed by atoms with Gasteiger partial charge in [-0.1, -0.05) is 18.2 Å². The average molecular weight is 402 g/mol. The number of aryl methyl sites for hydroxylation is 1. The van der Waals surface area contributed by atoms with Gasteiger partial charge in [-0.3, -0.25) is 9.88 Å². The van der Waals surface area contributed by atoms with Crippen molar-refractivity contribution in [2.75, 3.05) is 11.9 Å². The molecule has 146 valence electrons. The largest absolute Gasteiger partial charge is 0.316 e. The molecule has 1 aliphatic rings. The van der Waals surface area contributed by atoms with Crippen molar-refractivity contribution in [1.29, 1.82) is 0 Å². The van der Waals surface area contributed by atoms with Crippen molar-refractivity contribution in [3.8, 4) is 0 Å². The molecule has 1 aromatic carbocycles. The highest BCUT2D eigenvalue weighted by Crippen LogP contribution is 2.33. The molecule has 1 fully saturated rings. The maximum Gasteiger partial charge on any atom is 0.188 e. The summed E-state index contributed by atoms with van der Waals surface area (Å²) < 4.78 is 0. The predicted octanol–water partition coefficient (Wildman–Crippen LogP) is 5.48. The lowest BCUT2D eigenvalue weighted by atomic mass is 10.1. The van der Waals surface area contributed by atoms with Crippen molar-refractivity contribution in [1.82, 2.24) is 19.9 Å². The Hall–Kier alpha value is -2.83. The maximum absolute atomic E-state index is 4.90. The number of rotatable bonds is 5. The van der Waals surface area contributed by atoms with E-state index in [1.165, 1.54) is 22.2 Å². The molecular formula is C23H23N5S. The molecule has 0 bridgehead atoms. The van der Waals surface area contributed by atoms with E-state index >= 15 is 0 Å². The monoisotopic (exact) mass is 401 g/mol. The second kappa shape index (κ2) is 7.89. The molecule has 1 N–H and O–H groups in total. The fraction of sp³-hybridized carbons (Fsp3) is 0.261. The van der Waals surface area contributed by atoms with Crippen LogP contribution in [0.25, 0.3) is 10.9 Å². The first kappa shape index (κ1) is 18.2. The van der Waals surface area contributed by atoms with Crippen LogP contribution in [0.3, 0.4) is 0 Å². The standard InChI is InChI=1S/C23H23N5S/c1-16-14-25-23(29-16)27-22-8-2-6-20(26-22)21-7-4-12-28(21)15-17-9-10-19-18(13-17)5-3-11-24-19/h2-3,5-6,8-11,13-14,21H,4,7,12,15H2,1H3,(H,25,26,27)/t21-/m0/s1. The third-order valence-electron chi connectivity index (χ3n) is 5.39. The highest BCUT2D eigenvalue weighted by molar-refractivity contribution is 7.15. The van der Waals surface area contributed by atoms with Crippen LogP contribution < -0.4 is 5.32 Å². The van der Waals surface area contributed by atoms with Crippen LogP contribution >= 0.6 is 11.3 Å². The molecule has 3 aromatic heterocycles.